The predicted octanol–water partition coefficient (Wildman–Crippen LogP) is 3.45. The summed E-state index contributed by atoms with van der Waals surface area (Å²) in [5.41, 5.74) is 0.733. The van der Waals surface area contributed by atoms with Crippen LogP contribution in [-0.2, 0) is 0 Å². The van der Waals surface area contributed by atoms with Crippen molar-refractivity contribution in [2.24, 2.45) is 0 Å². The molecule has 1 N–H and O–H groups in total. The maximum absolute atomic E-state index is 13.6. The Bertz CT molecular complexity index is 313. The highest BCUT2D eigenvalue weighted by Crippen LogP contribution is 2.22. The van der Waals surface area contributed by atoms with E-state index in [1.54, 1.807) is 12.3 Å². The largest absolute Gasteiger partial charge is 0.308 e. The summed E-state index contributed by atoms with van der Waals surface area (Å²) in [4.78, 5) is 3.78. The third-order valence-electron chi connectivity index (χ3n) is 2.56. The Morgan fingerprint density at radius 3 is 2.75 bits per heavy atom. The summed E-state index contributed by atoms with van der Waals surface area (Å²) in [6, 6.07) is 2.22. The fourth-order valence-electron chi connectivity index (χ4n) is 1.81. The first-order valence-corrected chi connectivity index (χ1v) is 6.00. The first-order chi connectivity index (χ1) is 7.65. The molecule has 0 aliphatic heterocycles. The van der Waals surface area contributed by atoms with Crippen molar-refractivity contribution in [3.8, 4) is 0 Å². The Hall–Kier alpha value is -0.960. The van der Waals surface area contributed by atoms with Crippen LogP contribution in [0.1, 0.15) is 51.6 Å². The maximum Gasteiger partial charge on any atom is 0.146 e. The van der Waals surface area contributed by atoms with Gasteiger partial charge in [0.05, 0.1) is 6.20 Å². The van der Waals surface area contributed by atoms with Gasteiger partial charge in [0.25, 0.3) is 0 Å². The number of hydrogen-bond acceptors (Lipinski definition) is 2. The molecule has 0 aliphatic carbocycles. The average Bonchev–Trinajstić information content (AvgIpc) is 2.24. The maximum atomic E-state index is 13.6. The summed E-state index contributed by atoms with van der Waals surface area (Å²) >= 11 is 0. The molecule has 0 aromatic carbocycles. The molecule has 0 aliphatic rings. The summed E-state index contributed by atoms with van der Waals surface area (Å²) in [5, 5.41) is 3.40. The van der Waals surface area contributed by atoms with Crippen LogP contribution in [0.5, 0.6) is 0 Å². The molecule has 0 fully saturated rings. The predicted molar refractivity (Wildman–Crippen MR) is 64.7 cm³/mol. The van der Waals surface area contributed by atoms with E-state index in [4.69, 9.17) is 0 Å². The van der Waals surface area contributed by atoms with Crippen molar-refractivity contribution >= 4 is 0 Å². The third-order valence-corrected chi connectivity index (χ3v) is 2.56. The van der Waals surface area contributed by atoms with Gasteiger partial charge in [-0.05, 0) is 12.5 Å². The smallest absolute Gasteiger partial charge is 0.146 e. The number of hydrogen-bond donors (Lipinski definition) is 1. The first-order valence-electron chi connectivity index (χ1n) is 6.00. The number of aromatic nitrogens is 1. The second kappa shape index (κ2) is 6.59. The molecule has 0 saturated carbocycles. The van der Waals surface area contributed by atoms with E-state index in [1.807, 2.05) is 0 Å². The molecule has 1 unspecified atom stereocenters. The molecule has 1 rings (SSSR count). The average molecular weight is 224 g/mol. The van der Waals surface area contributed by atoms with Gasteiger partial charge in [-0.1, -0.05) is 33.6 Å². The van der Waals surface area contributed by atoms with E-state index in [1.165, 1.54) is 6.20 Å². The van der Waals surface area contributed by atoms with Gasteiger partial charge in [-0.25, -0.2) is 4.39 Å². The molecule has 1 atom stereocenters. The summed E-state index contributed by atoms with van der Waals surface area (Å²) in [7, 11) is 0. The summed E-state index contributed by atoms with van der Waals surface area (Å²) < 4.78 is 13.6. The van der Waals surface area contributed by atoms with E-state index in [0.29, 0.717) is 6.04 Å². The summed E-state index contributed by atoms with van der Waals surface area (Å²) in [6.07, 6.45) is 6.14. The van der Waals surface area contributed by atoms with Crippen molar-refractivity contribution in [1.29, 1.82) is 0 Å². The van der Waals surface area contributed by atoms with Crippen LogP contribution in [0.3, 0.4) is 0 Å². The highest BCUT2D eigenvalue weighted by Gasteiger charge is 2.15. The van der Waals surface area contributed by atoms with E-state index < -0.39 is 0 Å². The molecule has 2 nitrogen and oxygen atoms in total. The zero-order chi connectivity index (χ0) is 12.0. The molecule has 0 bridgehead atoms. The minimum Gasteiger partial charge on any atom is -0.308 e. The van der Waals surface area contributed by atoms with Crippen LogP contribution in [0, 0.1) is 5.82 Å². The normalized spacial score (nSPS) is 13.1. The molecule has 0 amide bonds. The van der Waals surface area contributed by atoms with Crippen LogP contribution >= 0.6 is 0 Å². The van der Waals surface area contributed by atoms with Crippen molar-refractivity contribution in [1.82, 2.24) is 10.3 Å². The van der Waals surface area contributed by atoms with Gasteiger partial charge < -0.3 is 5.32 Å². The van der Waals surface area contributed by atoms with Gasteiger partial charge in [-0.15, -0.1) is 0 Å². The number of unbranched alkanes of at least 4 members (excludes halogenated alkanes) is 1. The molecular formula is C13H21FN2. The number of pyridine rings is 1. The van der Waals surface area contributed by atoms with Gasteiger partial charge in [0.1, 0.15) is 5.82 Å². The van der Waals surface area contributed by atoms with E-state index in [-0.39, 0.29) is 11.9 Å². The third kappa shape index (κ3) is 3.89. The summed E-state index contributed by atoms with van der Waals surface area (Å²) in [5.74, 6) is -0.211. The van der Waals surface area contributed by atoms with Crippen LogP contribution in [0.15, 0.2) is 18.5 Å². The standard InChI is InChI=1S/C13H21FN2/c1-4-5-6-13(16-10(2)3)11-7-8-15-9-12(11)14/h7-10,13,16H,4-6H2,1-3H3. The van der Waals surface area contributed by atoms with Gasteiger partial charge >= 0.3 is 0 Å². The van der Waals surface area contributed by atoms with Crippen LogP contribution in [0.25, 0.3) is 0 Å². The Kier molecular flexibility index (Phi) is 5.39. The molecule has 16 heavy (non-hydrogen) atoms. The molecule has 3 heteroatoms. The first kappa shape index (κ1) is 13.1. The fraction of sp³-hybridized carbons (Fsp3) is 0.615. The van der Waals surface area contributed by atoms with Crippen molar-refractivity contribution in [2.75, 3.05) is 0 Å². The Balaban J connectivity index is 2.78. The zero-order valence-electron chi connectivity index (χ0n) is 10.3. The van der Waals surface area contributed by atoms with Crippen molar-refractivity contribution in [3.63, 3.8) is 0 Å². The second-order valence-corrected chi connectivity index (χ2v) is 4.41. The van der Waals surface area contributed by atoms with Crippen molar-refractivity contribution in [2.45, 2.75) is 52.1 Å². The monoisotopic (exact) mass is 224 g/mol. The molecule has 1 aromatic rings. The van der Waals surface area contributed by atoms with Crippen molar-refractivity contribution in [3.05, 3.63) is 29.8 Å². The lowest BCUT2D eigenvalue weighted by Crippen LogP contribution is -2.28. The second-order valence-electron chi connectivity index (χ2n) is 4.41. The van der Waals surface area contributed by atoms with Gasteiger partial charge in [-0.3, -0.25) is 4.98 Å². The molecular weight excluding hydrogens is 203 g/mol. The number of nitrogens with zero attached hydrogens (tertiary/aromatic N) is 1. The number of halogens is 1. The minimum absolute atomic E-state index is 0.1000. The Morgan fingerprint density at radius 2 is 2.19 bits per heavy atom. The molecule has 0 radical (unpaired) electrons. The topological polar surface area (TPSA) is 24.9 Å². The van der Waals surface area contributed by atoms with Gasteiger partial charge in [0.15, 0.2) is 0 Å². The Labute approximate surface area is 97.3 Å². The molecule has 1 aromatic heterocycles. The zero-order valence-corrected chi connectivity index (χ0v) is 10.3. The van der Waals surface area contributed by atoms with Crippen LogP contribution in [0.2, 0.25) is 0 Å². The SMILES string of the molecule is CCCCC(NC(C)C)c1ccncc1F. The van der Waals surface area contributed by atoms with E-state index >= 15 is 0 Å². The molecule has 1 heterocycles. The quantitative estimate of drug-likeness (QED) is 0.800. The van der Waals surface area contributed by atoms with Crippen molar-refractivity contribution < 1.29 is 4.39 Å². The fourth-order valence-corrected chi connectivity index (χ4v) is 1.81. The molecule has 0 saturated heterocycles. The van der Waals surface area contributed by atoms with E-state index in [0.717, 1.165) is 24.8 Å². The van der Waals surface area contributed by atoms with Gasteiger partial charge in [0, 0.05) is 23.8 Å². The number of rotatable bonds is 6. The van der Waals surface area contributed by atoms with Gasteiger partial charge in [0.2, 0.25) is 0 Å². The van der Waals surface area contributed by atoms with Crippen LogP contribution < -0.4 is 5.32 Å². The van der Waals surface area contributed by atoms with E-state index in [9.17, 15) is 4.39 Å². The highest BCUT2D eigenvalue weighted by atomic mass is 19.1. The highest BCUT2D eigenvalue weighted by molar-refractivity contribution is 5.17. The van der Waals surface area contributed by atoms with Gasteiger partial charge in [-0.2, -0.15) is 0 Å². The summed E-state index contributed by atoms with van der Waals surface area (Å²) in [6.45, 7) is 6.31. The molecule has 0 spiro atoms. The lowest BCUT2D eigenvalue weighted by atomic mass is 10.0. The lowest BCUT2D eigenvalue weighted by molar-refractivity contribution is 0.423. The minimum atomic E-state index is -0.211. The van der Waals surface area contributed by atoms with E-state index in [2.05, 4.69) is 31.1 Å². The van der Waals surface area contributed by atoms with Crippen LogP contribution in [-0.4, -0.2) is 11.0 Å². The lowest BCUT2D eigenvalue weighted by Gasteiger charge is -2.21. The number of nitrogens with one attached hydrogen (secondary N) is 1. The molecule has 90 valence electrons. The van der Waals surface area contributed by atoms with Crippen LogP contribution in [0.4, 0.5) is 4.39 Å². The Morgan fingerprint density at radius 1 is 1.44 bits per heavy atom.